The van der Waals surface area contributed by atoms with Crippen molar-refractivity contribution >= 4 is 87.5 Å². The number of para-hydroxylation sites is 1. The van der Waals surface area contributed by atoms with E-state index in [9.17, 15) is 0 Å². The second-order valence-corrected chi connectivity index (χ2v) is 14.0. The lowest BCUT2D eigenvalue weighted by molar-refractivity contribution is 1.16. The van der Waals surface area contributed by atoms with Crippen molar-refractivity contribution in [3.63, 3.8) is 0 Å². The molecule has 1 aliphatic heterocycles. The summed E-state index contributed by atoms with van der Waals surface area (Å²) in [5.74, 6) is 0.218. The van der Waals surface area contributed by atoms with Crippen LogP contribution in [-0.4, -0.2) is 9.97 Å². The molecule has 0 atom stereocenters. The van der Waals surface area contributed by atoms with E-state index in [4.69, 9.17) is 22.3 Å². The summed E-state index contributed by atoms with van der Waals surface area (Å²) in [6.07, 6.45) is 0. The van der Waals surface area contributed by atoms with Crippen LogP contribution in [0.5, 0.6) is 0 Å². The van der Waals surface area contributed by atoms with Gasteiger partial charge in [-0.25, -0.2) is 14.3 Å². The highest BCUT2D eigenvalue weighted by atomic mass is 32.2. The van der Waals surface area contributed by atoms with Gasteiger partial charge in [0.25, 0.3) is 0 Å². The summed E-state index contributed by atoms with van der Waals surface area (Å²) >= 11 is 3.13. The molecule has 9 aromatic rings. The standard InChI is InChI=1S/C43H29N3S2/c1-24-22-25(2)36(26(3)23-24)40-31-16-8-10-18-33(31)44-43(45-40)46-41-39(38-28-13-5-4-12-27(28)20-21-35(38)48-46)30-15-7-6-14-29(30)37-32-17-9-11-19-34(32)47-42(37)41/h4-23H,1-3H3/i1D3,2D3,3D3. The van der Waals surface area contributed by atoms with Crippen LogP contribution in [-0.2, 0) is 0 Å². The van der Waals surface area contributed by atoms with Crippen LogP contribution in [0.1, 0.15) is 29.0 Å². The van der Waals surface area contributed by atoms with Crippen molar-refractivity contribution in [3.05, 3.63) is 138 Å². The molecule has 2 aromatic heterocycles. The summed E-state index contributed by atoms with van der Waals surface area (Å²) < 4.78 is 80.1. The maximum Gasteiger partial charge on any atom is 0.241 e. The van der Waals surface area contributed by atoms with Crippen molar-refractivity contribution in [3.8, 4) is 22.4 Å². The van der Waals surface area contributed by atoms with Gasteiger partial charge in [-0.2, -0.15) is 0 Å². The SMILES string of the molecule is [2H]C([2H])([2H])c1cc(C([2H])([2H])[2H])c(-c2nc(N3Sc4ccc5ccccc5c4-c4c3c3sc5ccccc5c3c3ccccc43)nc3ccccc23)c(C([2H])([2H])[2H])c1. The lowest BCUT2D eigenvalue weighted by atomic mass is 9.90. The smallest absolute Gasteiger partial charge is 0.241 e. The average molecular weight is 661 g/mol. The minimum absolute atomic E-state index is 0.0878. The first-order chi connectivity index (χ1) is 27.2. The third-order valence-electron chi connectivity index (χ3n) is 9.19. The zero-order chi connectivity index (χ0) is 39.6. The minimum Gasteiger partial charge on any atom is -0.246 e. The summed E-state index contributed by atoms with van der Waals surface area (Å²) in [6, 6.07) is 38.5. The van der Waals surface area contributed by atoms with Gasteiger partial charge in [-0.1, -0.05) is 109 Å². The Balaban J connectivity index is 1.36. The van der Waals surface area contributed by atoms with E-state index in [2.05, 4.69) is 54.6 Å². The molecule has 0 saturated heterocycles. The molecular formula is C43H29N3S2. The van der Waals surface area contributed by atoms with E-state index >= 15 is 0 Å². The molecule has 0 spiro atoms. The Kier molecular flexibility index (Phi) is 4.37. The molecule has 0 radical (unpaired) electrons. The molecule has 228 valence electrons. The number of hydrogen-bond acceptors (Lipinski definition) is 5. The van der Waals surface area contributed by atoms with Crippen molar-refractivity contribution in [1.29, 1.82) is 0 Å². The fraction of sp³-hybridized carbons (Fsp3) is 0.0698. The second kappa shape index (κ2) is 10.4. The summed E-state index contributed by atoms with van der Waals surface area (Å²) in [6.45, 7) is -8.55. The van der Waals surface area contributed by atoms with Gasteiger partial charge in [-0.05, 0) is 83.4 Å². The number of benzene rings is 7. The Hall–Kier alpha value is -5.23. The highest BCUT2D eigenvalue weighted by Gasteiger charge is 2.33. The molecule has 0 aliphatic carbocycles. The van der Waals surface area contributed by atoms with Gasteiger partial charge in [0, 0.05) is 54.8 Å². The van der Waals surface area contributed by atoms with Crippen LogP contribution in [0.25, 0.3) is 75.0 Å². The van der Waals surface area contributed by atoms with Crippen LogP contribution >= 0.6 is 23.3 Å². The van der Waals surface area contributed by atoms with Crippen molar-refractivity contribution in [1.82, 2.24) is 9.97 Å². The largest absolute Gasteiger partial charge is 0.246 e. The predicted octanol–water partition coefficient (Wildman–Crippen LogP) is 12.7. The van der Waals surface area contributed by atoms with Gasteiger partial charge >= 0.3 is 0 Å². The quantitative estimate of drug-likeness (QED) is 0.173. The van der Waals surface area contributed by atoms with Gasteiger partial charge in [0.05, 0.1) is 21.6 Å². The summed E-state index contributed by atoms with van der Waals surface area (Å²) in [5, 5.41) is 6.97. The Morgan fingerprint density at radius 3 is 2.12 bits per heavy atom. The molecule has 1 aliphatic rings. The zero-order valence-electron chi connectivity index (χ0n) is 34.2. The monoisotopic (exact) mass is 660 g/mol. The van der Waals surface area contributed by atoms with Crippen molar-refractivity contribution in [2.45, 2.75) is 25.5 Å². The van der Waals surface area contributed by atoms with Crippen LogP contribution in [0.2, 0.25) is 0 Å². The normalized spacial score (nSPS) is 16.3. The van der Waals surface area contributed by atoms with Gasteiger partial charge in [0.15, 0.2) is 0 Å². The molecule has 0 amide bonds. The number of nitrogens with zero attached hydrogens (tertiary/aromatic N) is 3. The molecule has 0 N–H and O–H groups in total. The number of aryl methyl sites for hydroxylation is 3. The number of hydrogen-bond donors (Lipinski definition) is 0. The van der Waals surface area contributed by atoms with E-state index in [-0.39, 0.29) is 22.8 Å². The average Bonchev–Trinajstić information content (AvgIpc) is 3.58. The molecule has 10 rings (SSSR count). The molecule has 5 heteroatoms. The molecular weight excluding hydrogens is 623 g/mol. The van der Waals surface area contributed by atoms with Crippen LogP contribution in [0, 0.1) is 20.6 Å². The lowest BCUT2D eigenvalue weighted by Gasteiger charge is -2.32. The van der Waals surface area contributed by atoms with Crippen molar-refractivity contribution in [2.24, 2.45) is 0 Å². The van der Waals surface area contributed by atoms with Crippen molar-refractivity contribution < 1.29 is 12.3 Å². The molecule has 0 saturated carbocycles. The number of fused-ring (bicyclic) bond motifs is 13. The summed E-state index contributed by atoms with van der Waals surface area (Å²) in [5.41, 5.74) is 2.17. The fourth-order valence-electron chi connectivity index (χ4n) is 7.20. The zero-order valence-corrected chi connectivity index (χ0v) is 26.8. The van der Waals surface area contributed by atoms with Crippen molar-refractivity contribution in [2.75, 3.05) is 4.31 Å². The van der Waals surface area contributed by atoms with E-state index in [1.54, 1.807) is 29.5 Å². The Labute approximate surface area is 299 Å². The van der Waals surface area contributed by atoms with Gasteiger partial charge < -0.3 is 0 Å². The molecule has 0 fully saturated rings. The van der Waals surface area contributed by atoms with Crippen LogP contribution < -0.4 is 4.31 Å². The number of aromatic nitrogens is 2. The van der Waals surface area contributed by atoms with E-state index < -0.39 is 31.7 Å². The Morgan fingerprint density at radius 1 is 0.604 bits per heavy atom. The fourth-order valence-corrected chi connectivity index (χ4v) is 9.58. The third kappa shape index (κ3) is 3.95. The molecule has 0 bridgehead atoms. The first-order valence-electron chi connectivity index (χ1n) is 20.0. The Morgan fingerprint density at radius 2 is 1.31 bits per heavy atom. The number of rotatable bonds is 2. The topological polar surface area (TPSA) is 29.0 Å². The highest BCUT2D eigenvalue weighted by molar-refractivity contribution is 8.01. The molecule has 0 unspecified atom stereocenters. The van der Waals surface area contributed by atoms with E-state index in [0.29, 0.717) is 10.9 Å². The maximum atomic E-state index is 8.60. The van der Waals surface area contributed by atoms with Gasteiger partial charge in [-0.15, -0.1) is 11.3 Å². The lowest BCUT2D eigenvalue weighted by Crippen LogP contribution is -2.16. The van der Waals surface area contributed by atoms with E-state index in [1.807, 2.05) is 40.7 Å². The first-order valence-corrected chi connectivity index (χ1v) is 17.1. The second-order valence-electron chi connectivity index (χ2n) is 12.0. The number of thiophene rings is 1. The van der Waals surface area contributed by atoms with Crippen LogP contribution in [0.3, 0.4) is 0 Å². The predicted molar refractivity (Wildman–Crippen MR) is 207 cm³/mol. The Bertz CT molecular complexity index is 3110. The van der Waals surface area contributed by atoms with E-state index in [0.717, 1.165) is 75.6 Å². The summed E-state index contributed by atoms with van der Waals surface area (Å²) in [4.78, 5) is 11.3. The highest BCUT2D eigenvalue weighted by Crippen LogP contribution is 2.59. The number of anilines is 2. The molecule has 3 heterocycles. The van der Waals surface area contributed by atoms with E-state index in [1.165, 1.54) is 11.9 Å². The maximum absolute atomic E-state index is 8.60. The van der Waals surface area contributed by atoms with Gasteiger partial charge in [-0.3, -0.25) is 0 Å². The molecule has 48 heavy (non-hydrogen) atoms. The molecule has 7 aromatic carbocycles. The van der Waals surface area contributed by atoms with Gasteiger partial charge in [0.2, 0.25) is 5.95 Å². The van der Waals surface area contributed by atoms with Gasteiger partial charge in [0.1, 0.15) is 0 Å². The van der Waals surface area contributed by atoms with Crippen LogP contribution in [0.15, 0.2) is 126 Å². The minimum atomic E-state index is -2.89. The summed E-state index contributed by atoms with van der Waals surface area (Å²) in [7, 11) is 0. The molecule has 3 nitrogen and oxygen atoms in total. The van der Waals surface area contributed by atoms with Crippen LogP contribution in [0.4, 0.5) is 11.6 Å². The first kappa shape index (κ1) is 20.2. The third-order valence-corrected chi connectivity index (χ3v) is 11.4.